The molecule has 1 heterocycles. The van der Waals surface area contributed by atoms with Crippen LogP contribution in [0.25, 0.3) is 0 Å². The molecule has 0 aromatic heterocycles. The summed E-state index contributed by atoms with van der Waals surface area (Å²) in [4.78, 5) is 0. The number of hydrogen-bond donors (Lipinski definition) is 2. The first-order valence-electron chi connectivity index (χ1n) is 6.50. The molecular weight excluding hydrogens is 196 g/mol. The summed E-state index contributed by atoms with van der Waals surface area (Å²) in [5, 5.41) is 7.18. The first-order chi connectivity index (χ1) is 7.93. The summed E-state index contributed by atoms with van der Waals surface area (Å²) in [5.74, 6) is 1.74. The highest BCUT2D eigenvalue weighted by Gasteiger charge is 2.26. The molecule has 3 rings (SSSR count). The second-order valence-corrected chi connectivity index (χ2v) is 5.11. The van der Waals surface area contributed by atoms with Crippen molar-refractivity contribution in [2.24, 2.45) is 11.8 Å². The molecule has 0 radical (unpaired) electrons. The van der Waals surface area contributed by atoms with E-state index in [2.05, 4.69) is 34.9 Å². The van der Waals surface area contributed by atoms with Crippen LogP contribution < -0.4 is 10.6 Å². The molecule has 1 fully saturated rings. The molecule has 1 aliphatic heterocycles. The zero-order valence-electron chi connectivity index (χ0n) is 9.71. The van der Waals surface area contributed by atoms with Crippen LogP contribution in [0, 0.1) is 11.8 Å². The van der Waals surface area contributed by atoms with Crippen molar-refractivity contribution in [1.29, 1.82) is 0 Å². The van der Waals surface area contributed by atoms with Gasteiger partial charge in [-0.1, -0.05) is 37.8 Å². The van der Waals surface area contributed by atoms with Gasteiger partial charge in [-0.05, 0) is 24.0 Å². The molecule has 0 saturated heterocycles. The van der Waals surface area contributed by atoms with Gasteiger partial charge in [0.15, 0.2) is 0 Å². The standard InChI is InChI=1S/C14H20N2/c1-2-6-11(5-1)12-9-15-13-7-3-4-8-14(13)16-10-12/h3-4,7-8,11-12,15-16H,1-2,5-6,9-10H2. The molecule has 2 nitrogen and oxygen atoms in total. The highest BCUT2D eigenvalue weighted by molar-refractivity contribution is 5.69. The smallest absolute Gasteiger partial charge is 0.0576 e. The van der Waals surface area contributed by atoms with Crippen LogP contribution in [0.3, 0.4) is 0 Å². The summed E-state index contributed by atoms with van der Waals surface area (Å²) < 4.78 is 0. The van der Waals surface area contributed by atoms with E-state index in [1.165, 1.54) is 37.1 Å². The molecule has 0 atom stereocenters. The molecule has 2 N–H and O–H groups in total. The van der Waals surface area contributed by atoms with E-state index in [0.717, 1.165) is 24.9 Å². The molecule has 1 aliphatic carbocycles. The summed E-state index contributed by atoms with van der Waals surface area (Å²) in [7, 11) is 0. The lowest BCUT2D eigenvalue weighted by atomic mass is 9.91. The Balaban J connectivity index is 1.71. The fourth-order valence-corrected chi connectivity index (χ4v) is 3.11. The molecule has 0 amide bonds. The zero-order valence-corrected chi connectivity index (χ0v) is 9.71. The lowest BCUT2D eigenvalue weighted by Crippen LogP contribution is -2.25. The van der Waals surface area contributed by atoms with Crippen LogP contribution in [-0.2, 0) is 0 Å². The first-order valence-corrected chi connectivity index (χ1v) is 6.50. The van der Waals surface area contributed by atoms with Crippen molar-refractivity contribution >= 4 is 11.4 Å². The summed E-state index contributed by atoms with van der Waals surface area (Å²) in [6.07, 6.45) is 5.75. The van der Waals surface area contributed by atoms with Crippen LogP contribution >= 0.6 is 0 Å². The number of nitrogens with one attached hydrogen (secondary N) is 2. The Morgan fingerprint density at radius 2 is 1.38 bits per heavy atom. The Morgan fingerprint density at radius 3 is 1.94 bits per heavy atom. The van der Waals surface area contributed by atoms with E-state index in [4.69, 9.17) is 0 Å². The highest BCUT2D eigenvalue weighted by atomic mass is 15.0. The Morgan fingerprint density at radius 1 is 0.812 bits per heavy atom. The van der Waals surface area contributed by atoms with E-state index in [0.29, 0.717) is 0 Å². The molecule has 0 bridgehead atoms. The molecule has 16 heavy (non-hydrogen) atoms. The minimum absolute atomic E-state index is 0.801. The van der Waals surface area contributed by atoms with Gasteiger partial charge in [0.05, 0.1) is 11.4 Å². The Kier molecular flexibility index (Phi) is 2.73. The average Bonchev–Trinajstić information content (AvgIpc) is 2.76. The predicted octanol–water partition coefficient (Wildman–Crippen LogP) is 3.33. The van der Waals surface area contributed by atoms with Gasteiger partial charge in [0, 0.05) is 13.1 Å². The van der Waals surface area contributed by atoms with Crippen LogP contribution in [0.5, 0.6) is 0 Å². The molecule has 1 saturated carbocycles. The van der Waals surface area contributed by atoms with Gasteiger partial charge in [0.25, 0.3) is 0 Å². The molecule has 2 aliphatic rings. The van der Waals surface area contributed by atoms with Gasteiger partial charge in [0.1, 0.15) is 0 Å². The number of benzene rings is 1. The van der Waals surface area contributed by atoms with E-state index < -0.39 is 0 Å². The van der Waals surface area contributed by atoms with Crippen LogP contribution in [0.4, 0.5) is 11.4 Å². The third kappa shape index (κ3) is 1.89. The fraction of sp³-hybridized carbons (Fsp3) is 0.571. The monoisotopic (exact) mass is 216 g/mol. The van der Waals surface area contributed by atoms with Crippen LogP contribution in [0.1, 0.15) is 25.7 Å². The number of hydrogen-bond acceptors (Lipinski definition) is 2. The summed E-state index contributed by atoms with van der Waals surface area (Å²) >= 11 is 0. The minimum atomic E-state index is 0.801. The first kappa shape index (κ1) is 10.0. The average molecular weight is 216 g/mol. The molecule has 0 unspecified atom stereocenters. The maximum Gasteiger partial charge on any atom is 0.0576 e. The Labute approximate surface area is 97.4 Å². The number of fused-ring (bicyclic) bond motifs is 1. The van der Waals surface area contributed by atoms with E-state index in [1.807, 2.05) is 0 Å². The van der Waals surface area contributed by atoms with Gasteiger partial charge < -0.3 is 10.6 Å². The van der Waals surface area contributed by atoms with Gasteiger partial charge in [-0.25, -0.2) is 0 Å². The molecule has 2 heteroatoms. The van der Waals surface area contributed by atoms with Crippen molar-refractivity contribution in [3.63, 3.8) is 0 Å². The lowest BCUT2D eigenvalue weighted by molar-refractivity contribution is 0.372. The fourth-order valence-electron chi connectivity index (χ4n) is 3.11. The molecular formula is C14H20N2. The Bertz CT molecular complexity index is 329. The van der Waals surface area contributed by atoms with Crippen molar-refractivity contribution in [3.05, 3.63) is 24.3 Å². The van der Waals surface area contributed by atoms with Gasteiger partial charge in [-0.3, -0.25) is 0 Å². The van der Waals surface area contributed by atoms with Gasteiger partial charge in [0.2, 0.25) is 0 Å². The maximum absolute atomic E-state index is 3.59. The van der Waals surface area contributed by atoms with Gasteiger partial charge in [-0.2, -0.15) is 0 Å². The van der Waals surface area contributed by atoms with E-state index in [-0.39, 0.29) is 0 Å². The van der Waals surface area contributed by atoms with E-state index >= 15 is 0 Å². The summed E-state index contributed by atoms with van der Waals surface area (Å²) in [5.41, 5.74) is 2.53. The molecule has 86 valence electrons. The van der Waals surface area contributed by atoms with Crippen LogP contribution in [-0.4, -0.2) is 13.1 Å². The van der Waals surface area contributed by atoms with Crippen molar-refractivity contribution in [3.8, 4) is 0 Å². The van der Waals surface area contributed by atoms with E-state index in [1.54, 1.807) is 0 Å². The summed E-state index contributed by atoms with van der Waals surface area (Å²) in [6.45, 7) is 2.27. The number of para-hydroxylation sites is 2. The van der Waals surface area contributed by atoms with Gasteiger partial charge >= 0.3 is 0 Å². The SMILES string of the molecule is c1ccc2c(c1)NCC(C1CCCC1)CN2. The third-order valence-corrected chi connectivity index (χ3v) is 4.10. The molecule has 1 aromatic rings. The molecule has 1 aromatic carbocycles. The van der Waals surface area contributed by atoms with Crippen LogP contribution in [0.2, 0.25) is 0 Å². The minimum Gasteiger partial charge on any atom is -0.383 e. The van der Waals surface area contributed by atoms with E-state index in [9.17, 15) is 0 Å². The normalized spacial score (nSPS) is 22.0. The van der Waals surface area contributed by atoms with Gasteiger partial charge in [-0.15, -0.1) is 0 Å². The highest BCUT2D eigenvalue weighted by Crippen LogP contribution is 2.34. The Hall–Kier alpha value is -1.18. The van der Waals surface area contributed by atoms with Crippen molar-refractivity contribution in [1.82, 2.24) is 0 Å². The number of anilines is 2. The quantitative estimate of drug-likeness (QED) is 0.752. The van der Waals surface area contributed by atoms with Crippen molar-refractivity contribution in [2.75, 3.05) is 23.7 Å². The van der Waals surface area contributed by atoms with Crippen molar-refractivity contribution < 1.29 is 0 Å². The van der Waals surface area contributed by atoms with Crippen LogP contribution in [0.15, 0.2) is 24.3 Å². The van der Waals surface area contributed by atoms with Crippen molar-refractivity contribution in [2.45, 2.75) is 25.7 Å². The molecule has 0 spiro atoms. The second kappa shape index (κ2) is 4.36. The largest absolute Gasteiger partial charge is 0.383 e. The maximum atomic E-state index is 3.59. The third-order valence-electron chi connectivity index (χ3n) is 4.10. The number of rotatable bonds is 1. The topological polar surface area (TPSA) is 24.1 Å². The lowest BCUT2D eigenvalue weighted by Gasteiger charge is -2.21. The zero-order chi connectivity index (χ0) is 10.8. The summed E-state index contributed by atoms with van der Waals surface area (Å²) in [6, 6.07) is 8.53. The predicted molar refractivity (Wildman–Crippen MR) is 68.9 cm³/mol. The second-order valence-electron chi connectivity index (χ2n) is 5.11.